The Morgan fingerprint density at radius 1 is 0.604 bits per heavy atom. The summed E-state index contributed by atoms with van der Waals surface area (Å²) in [6.07, 6.45) is 3.41. The van der Waals surface area contributed by atoms with Crippen LogP contribution in [-0.2, 0) is 0 Å². The second kappa shape index (κ2) is 10.7. The van der Waals surface area contributed by atoms with Crippen LogP contribution in [0.3, 0.4) is 0 Å². The fourth-order valence-corrected chi connectivity index (χ4v) is 8.09. The predicted molar refractivity (Wildman–Crippen MR) is 199 cm³/mol. The molecule has 6 heteroatoms. The molecule has 0 aliphatic carbocycles. The van der Waals surface area contributed by atoms with Crippen LogP contribution in [0.2, 0.25) is 0 Å². The number of aromatic nitrogens is 1. The lowest BCUT2D eigenvalue weighted by atomic mass is 9.94. The molecule has 0 fully saturated rings. The van der Waals surface area contributed by atoms with Crippen molar-refractivity contribution in [1.29, 1.82) is 0 Å². The highest BCUT2D eigenvalue weighted by Crippen LogP contribution is 2.43. The number of thiophene rings is 1. The Morgan fingerprint density at radius 3 is 2.31 bits per heavy atom. The zero-order valence-electron chi connectivity index (χ0n) is 25.6. The van der Waals surface area contributed by atoms with Crippen molar-refractivity contribution in [2.45, 2.75) is 6.17 Å². The number of rotatable bonds is 4. The van der Waals surface area contributed by atoms with Crippen molar-refractivity contribution >= 4 is 75.9 Å². The third-order valence-corrected chi connectivity index (χ3v) is 10.3. The maximum absolute atomic E-state index is 6.73. The predicted octanol–water partition coefficient (Wildman–Crippen LogP) is 10.7. The van der Waals surface area contributed by atoms with Crippen LogP contribution in [0.1, 0.15) is 22.9 Å². The Morgan fingerprint density at radius 2 is 1.42 bits per heavy atom. The van der Waals surface area contributed by atoms with Gasteiger partial charge in [-0.3, -0.25) is 4.98 Å². The molecule has 1 aliphatic heterocycles. The quantitative estimate of drug-likeness (QED) is 0.210. The Bertz CT molecular complexity index is 2760. The van der Waals surface area contributed by atoms with Gasteiger partial charge < -0.3 is 9.73 Å². The molecule has 0 spiro atoms. The second-order valence-electron chi connectivity index (χ2n) is 12.1. The molecule has 1 unspecified atom stereocenters. The van der Waals surface area contributed by atoms with Crippen molar-refractivity contribution in [3.8, 4) is 11.1 Å². The Kier molecular flexibility index (Phi) is 6.04. The molecule has 3 aromatic heterocycles. The van der Waals surface area contributed by atoms with Gasteiger partial charge >= 0.3 is 0 Å². The summed E-state index contributed by atoms with van der Waals surface area (Å²) in [5.74, 6) is 1.44. The molecule has 0 radical (unpaired) electrons. The van der Waals surface area contributed by atoms with Crippen LogP contribution in [-0.4, -0.2) is 16.7 Å². The highest BCUT2D eigenvalue weighted by Gasteiger charge is 2.25. The summed E-state index contributed by atoms with van der Waals surface area (Å²) in [7, 11) is 0. The van der Waals surface area contributed by atoms with Crippen molar-refractivity contribution in [1.82, 2.24) is 10.3 Å². The highest BCUT2D eigenvalue weighted by molar-refractivity contribution is 7.25. The first-order valence-corrected chi connectivity index (χ1v) is 16.8. The first-order valence-electron chi connectivity index (χ1n) is 16.0. The van der Waals surface area contributed by atoms with Gasteiger partial charge in [0.1, 0.15) is 23.2 Å². The zero-order chi connectivity index (χ0) is 31.6. The third-order valence-electron chi connectivity index (χ3n) is 9.19. The van der Waals surface area contributed by atoms with Gasteiger partial charge in [-0.05, 0) is 64.5 Å². The zero-order valence-corrected chi connectivity index (χ0v) is 26.4. The van der Waals surface area contributed by atoms with Crippen molar-refractivity contribution in [3.05, 3.63) is 163 Å². The number of fused-ring (bicyclic) bond motifs is 7. The summed E-state index contributed by atoms with van der Waals surface area (Å²) in [5.41, 5.74) is 6.86. The average Bonchev–Trinajstić information content (AvgIpc) is 3.72. The monoisotopic (exact) mass is 634 g/mol. The smallest absolute Gasteiger partial charge is 0.159 e. The molecule has 226 valence electrons. The van der Waals surface area contributed by atoms with Gasteiger partial charge in [0, 0.05) is 59.9 Å². The van der Waals surface area contributed by atoms with Crippen LogP contribution < -0.4 is 5.32 Å². The van der Waals surface area contributed by atoms with Gasteiger partial charge in [-0.2, -0.15) is 0 Å². The second-order valence-corrected chi connectivity index (χ2v) is 13.2. The molecular weight excluding hydrogens is 609 g/mol. The van der Waals surface area contributed by atoms with E-state index in [0.29, 0.717) is 5.84 Å². The minimum atomic E-state index is -0.319. The van der Waals surface area contributed by atoms with Gasteiger partial charge in [-0.25, -0.2) is 9.98 Å². The number of hydrogen-bond donors (Lipinski definition) is 1. The first kappa shape index (κ1) is 27.0. The van der Waals surface area contributed by atoms with E-state index in [2.05, 4.69) is 101 Å². The standard InChI is InChI=1S/C42H26N4OS/c1-3-10-25(11-4-1)40-44-41(26-12-5-2-6-13-26)46-42(45-40)33-20-28(30-15-9-17-37-39(30)31-14-7-8-16-36(31)48-37)23-35-38(33)32-21-29-24-43-19-18-27(29)22-34(32)47-35/h1-24,40H,(H,44,45,46). The molecule has 0 amide bonds. The molecule has 1 atom stereocenters. The number of benzene rings is 6. The van der Waals surface area contributed by atoms with Gasteiger partial charge in [-0.1, -0.05) is 91.0 Å². The average molecular weight is 635 g/mol. The minimum absolute atomic E-state index is 0.319. The van der Waals surface area contributed by atoms with E-state index < -0.39 is 0 Å². The van der Waals surface area contributed by atoms with E-state index in [1.165, 1.54) is 20.2 Å². The fourth-order valence-electron chi connectivity index (χ4n) is 6.95. The van der Waals surface area contributed by atoms with Gasteiger partial charge in [-0.15, -0.1) is 11.3 Å². The maximum atomic E-state index is 6.73. The third kappa shape index (κ3) is 4.34. The molecule has 0 saturated carbocycles. The lowest BCUT2D eigenvalue weighted by molar-refractivity contribution is 0.668. The number of pyridine rings is 1. The van der Waals surface area contributed by atoms with Gasteiger partial charge in [0.15, 0.2) is 5.84 Å². The maximum Gasteiger partial charge on any atom is 0.159 e. The van der Waals surface area contributed by atoms with Gasteiger partial charge in [0.25, 0.3) is 0 Å². The molecule has 4 heterocycles. The topological polar surface area (TPSA) is 62.8 Å². The van der Waals surface area contributed by atoms with E-state index in [0.717, 1.165) is 66.4 Å². The summed E-state index contributed by atoms with van der Waals surface area (Å²) in [6, 6.07) is 46.5. The normalized spacial score (nSPS) is 14.9. The van der Waals surface area contributed by atoms with E-state index in [1.807, 2.05) is 66.2 Å². The number of amidine groups is 2. The Labute approximate surface area is 279 Å². The molecule has 48 heavy (non-hydrogen) atoms. The molecule has 6 aromatic carbocycles. The van der Waals surface area contributed by atoms with Crippen LogP contribution in [0.15, 0.2) is 160 Å². The van der Waals surface area contributed by atoms with Gasteiger partial charge in [0.2, 0.25) is 0 Å². The fraction of sp³-hybridized carbons (Fsp3) is 0.0238. The summed E-state index contributed by atoms with van der Waals surface area (Å²) in [6.45, 7) is 0. The number of nitrogens with one attached hydrogen (secondary N) is 1. The van der Waals surface area contributed by atoms with Crippen molar-refractivity contribution in [2.24, 2.45) is 9.98 Å². The molecular formula is C42H26N4OS. The summed E-state index contributed by atoms with van der Waals surface area (Å²) in [5, 5.41) is 10.4. The SMILES string of the molecule is c1ccc(C2=NC(c3ccccc3)NC(c3cc(-c4cccc5sc6ccccc6c45)cc4oc5cc6ccncc6cc5c34)=N2)cc1. The van der Waals surface area contributed by atoms with Crippen LogP contribution >= 0.6 is 11.3 Å². The van der Waals surface area contributed by atoms with Crippen LogP contribution in [0.4, 0.5) is 0 Å². The van der Waals surface area contributed by atoms with Crippen LogP contribution in [0.5, 0.6) is 0 Å². The molecule has 5 nitrogen and oxygen atoms in total. The number of furan rings is 1. The number of hydrogen-bond acceptors (Lipinski definition) is 6. The lowest BCUT2D eigenvalue weighted by Gasteiger charge is -2.24. The lowest BCUT2D eigenvalue weighted by Crippen LogP contribution is -2.33. The highest BCUT2D eigenvalue weighted by atomic mass is 32.1. The molecule has 1 N–H and O–H groups in total. The summed E-state index contributed by atoms with van der Waals surface area (Å²) >= 11 is 1.83. The van der Waals surface area contributed by atoms with E-state index in [-0.39, 0.29) is 6.17 Å². The van der Waals surface area contributed by atoms with E-state index in [4.69, 9.17) is 14.4 Å². The number of nitrogens with zero attached hydrogens (tertiary/aromatic N) is 3. The van der Waals surface area contributed by atoms with E-state index in [9.17, 15) is 0 Å². The van der Waals surface area contributed by atoms with Crippen molar-refractivity contribution in [2.75, 3.05) is 0 Å². The van der Waals surface area contributed by atoms with E-state index >= 15 is 0 Å². The molecule has 1 aliphatic rings. The molecule has 0 bridgehead atoms. The molecule has 0 saturated heterocycles. The number of aliphatic imine (C=N–C) groups is 2. The summed E-state index contributed by atoms with van der Waals surface area (Å²) < 4.78 is 9.26. The Balaban J connectivity index is 1.28. The summed E-state index contributed by atoms with van der Waals surface area (Å²) in [4.78, 5) is 14.7. The van der Waals surface area contributed by atoms with Crippen molar-refractivity contribution < 1.29 is 4.42 Å². The Hall–Kier alpha value is -6.11. The molecule has 9 aromatic rings. The van der Waals surface area contributed by atoms with E-state index in [1.54, 1.807) is 0 Å². The van der Waals surface area contributed by atoms with Gasteiger partial charge in [0.05, 0.1) is 0 Å². The van der Waals surface area contributed by atoms with Crippen LogP contribution in [0.25, 0.3) is 64.0 Å². The molecule has 10 rings (SSSR count). The van der Waals surface area contributed by atoms with Crippen LogP contribution in [0, 0.1) is 0 Å². The van der Waals surface area contributed by atoms with Crippen molar-refractivity contribution in [3.63, 3.8) is 0 Å². The largest absolute Gasteiger partial charge is 0.456 e. The first-order chi connectivity index (χ1) is 23.8. The minimum Gasteiger partial charge on any atom is -0.456 e.